The molecule has 0 aliphatic rings. The molecule has 0 spiro atoms. The second kappa shape index (κ2) is 6.03. The highest BCUT2D eigenvalue weighted by atomic mass is 31.0. The zero-order chi connectivity index (χ0) is 13.8. The van der Waals surface area contributed by atoms with Gasteiger partial charge in [0.25, 0.3) is 0 Å². The maximum absolute atomic E-state index is 2.80. The molecule has 0 fully saturated rings. The summed E-state index contributed by atoms with van der Waals surface area (Å²) in [5.74, 6) is 0. The van der Waals surface area contributed by atoms with Gasteiger partial charge >= 0.3 is 0 Å². The van der Waals surface area contributed by atoms with Crippen LogP contribution in [0.15, 0.2) is 78.9 Å². The summed E-state index contributed by atoms with van der Waals surface area (Å²) in [4.78, 5) is 0. The first-order chi connectivity index (χ1) is 9.88. The van der Waals surface area contributed by atoms with E-state index in [0.29, 0.717) is 0 Å². The summed E-state index contributed by atoms with van der Waals surface area (Å²) < 4.78 is 0. The van der Waals surface area contributed by atoms with Crippen LogP contribution in [0, 0.1) is 0 Å². The average Bonchev–Trinajstić information content (AvgIpc) is 2.56. The lowest BCUT2D eigenvalue weighted by Gasteiger charge is -2.12. The Labute approximate surface area is 122 Å². The van der Waals surface area contributed by atoms with Gasteiger partial charge in [0.1, 0.15) is 0 Å². The molecule has 0 aliphatic heterocycles. The van der Waals surface area contributed by atoms with Crippen molar-refractivity contribution in [2.24, 2.45) is 0 Å². The highest BCUT2D eigenvalue weighted by Gasteiger charge is 2.07. The lowest BCUT2D eigenvalue weighted by Crippen LogP contribution is -1.87. The van der Waals surface area contributed by atoms with Gasteiger partial charge in [-0.15, -0.1) is 9.24 Å². The lowest BCUT2D eigenvalue weighted by molar-refractivity contribution is 1.41. The Kier molecular flexibility index (Phi) is 3.95. The van der Waals surface area contributed by atoms with Gasteiger partial charge in [0, 0.05) is 0 Å². The van der Waals surface area contributed by atoms with E-state index in [9.17, 15) is 0 Å². The Hall–Kier alpha value is -1.91. The van der Waals surface area contributed by atoms with E-state index in [1.807, 2.05) is 0 Å². The maximum atomic E-state index is 2.80. The summed E-state index contributed by atoms with van der Waals surface area (Å²) in [6, 6.07) is 27.9. The van der Waals surface area contributed by atoms with Crippen molar-refractivity contribution in [3.63, 3.8) is 0 Å². The smallest absolute Gasteiger partial charge is 0.0103 e. The van der Waals surface area contributed by atoms with Crippen molar-refractivity contribution in [3.8, 4) is 22.3 Å². The van der Waals surface area contributed by atoms with Crippen molar-refractivity contribution < 1.29 is 0 Å². The number of benzene rings is 3. The van der Waals surface area contributed by atoms with Gasteiger partial charge in [-0.05, 0) is 34.0 Å². The molecule has 0 saturated carbocycles. The van der Waals surface area contributed by atoms with Crippen LogP contribution in [-0.4, -0.2) is 0 Å². The highest BCUT2D eigenvalue weighted by molar-refractivity contribution is 7.15. The first-order valence-corrected chi connectivity index (χ1v) is 7.64. The van der Waals surface area contributed by atoms with Gasteiger partial charge in [0.2, 0.25) is 0 Å². The molecule has 0 aromatic heterocycles. The molecule has 1 atom stereocenters. The fourth-order valence-corrected chi connectivity index (χ4v) is 2.70. The van der Waals surface area contributed by atoms with E-state index in [2.05, 4.69) is 88.1 Å². The van der Waals surface area contributed by atoms with E-state index in [-0.39, 0.29) is 0 Å². The van der Waals surface area contributed by atoms with Crippen LogP contribution in [0.4, 0.5) is 0 Å². The van der Waals surface area contributed by atoms with E-state index in [1.54, 1.807) is 0 Å². The minimum absolute atomic E-state index is 0.981. The summed E-state index contributed by atoms with van der Waals surface area (Å²) in [6.07, 6.45) is 0.981. The van der Waals surface area contributed by atoms with Crippen LogP contribution in [0.3, 0.4) is 0 Å². The predicted octanol–water partition coefficient (Wildman–Crippen LogP) is 5.40. The molecule has 0 N–H and O–H groups in total. The molecule has 0 amide bonds. The molecule has 20 heavy (non-hydrogen) atoms. The first-order valence-electron chi connectivity index (χ1n) is 6.82. The monoisotopic (exact) mass is 276 g/mol. The standard InChI is InChI=1S/C19H17P/c20-14-15-11-12-18(16-7-3-1-4-8-16)19(13-15)17-9-5-2-6-10-17/h1-13H,14,20H2. The molecule has 0 radical (unpaired) electrons. The van der Waals surface area contributed by atoms with E-state index >= 15 is 0 Å². The molecule has 1 unspecified atom stereocenters. The van der Waals surface area contributed by atoms with Gasteiger partial charge in [0.05, 0.1) is 0 Å². The Bertz CT molecular complexity index is 687. The van der Waals surface area contributed by atoms with Crippen LogP contribution in [0.2, 0.25) is 0 Å². The average molecular weight is 276 g/mol. The summed E-state index contributed by atoms with van der Waals surface area (Å²) in [6.45, 7) is 0. The number of rotatable bonds is 3. The van der Waals surface area contributed by atoms with Gasteiger partial charge in [-0.1, -0.05) is 78.9 Å². The molecular formula is C19H17P. The highest BCUT2D eigenvalue weighted by Crippen LogP contribution is 2.33. The third-order valence-electron chi connectivity index (χ3n) is 3.49. The van der Waals surface area contributed by atoms with Crippen LogP contribution in [-0.2, 0) is 6.16 Å². The quantitative estimate of drug-likeness (QED) is 0.562. The van der Waals surface area contributed by atoms with E-state index in [1.165, 1.54) is 27.8 Å². The fourth-order valence-electron chi connectivity index (χ4n) is 2.44. The lowest BCUT2D eigenvalue weighted by atomic mass is 9.93. The second-order valence-electron chi connectivity index (χ2n) is 4.82. The molecule has 3 rings (SSSR count). The number of hydrogen-bond acceptors (Lipinski definition) is 0. The molecule has 0 bridgehead atoms. The van der Waals surface area contributed by atoms with Crippen molar-refractivity contribution in [2.75, 3.05) is 0 Å². The number of hydrogen-bond donors (Lipinski definition) is 0. The minimum Gasteiger partial charge on any atom is -0.133 e. The van der Waals surface area contributed by atoms with Crippen molar-refractivity contribution in [1.29, 1.82) is 0 Å². The summed E-state index contributed by atoms with van der Waals surface area (Å²) in [7, 11) is 2.80. The van der Waals surface area contributed by atoms with E-state index in [0.717, 1.165) is 6.16 Å². The van der Waals surface area contributed by atoms with Crippen LogP contribution in [0.5, 0.6) is 0 Å². The second-order valence-corrected chi connectivity index (χ2v) is 5.22. The Morgan fingerprint density at radius 3 is 1.70 bits per heavy atom. The zero-order valence-electron chi connectivity index (χ0n) is 11.3. The van der Waals surface area contributed by atoms with Crippen LogP contribution in [0.25, 0.3) is 22.3 Å². The summed E-state index contributed by atoms with van der Waals surface area (Å²) >= 11 is 0. The molecular weight excluding hydrogens is 259 g/mol. The predicted molar refractivity (Wildman–Crippen MR) is 90.7 cm³/mol. The Morgan fingerprint density at radius 1 is 0.600 bits per heavy atom. The SMILES string of the molecule is PCc1ccc(-c2ccccc2)c(-c2ccccc2)c1. The minimum atomic E-state index is 0.981. The summed E-state index contributed by atoms with van der Waals surface area (Å²) in [5.41, 5.74) is 6.47. The molecule has 98 valence electrons. The molecule has 0 heterocycles. The van der Waals surface area contributed by atoms with Gasteiger partial charge in [-0.3, -0.25) is 0 Å². The molecule has 0 aliphatic carbocycles. The first kappa shape index (κ1) is 13.1. The van der Waals surface area contributed by atoms with Crippen molar-refractivity contribution in [2.45, 2.75) is 6.16 Å². The van der Waals surface area contributed by atoms with Gasteiger partial charge in [-0.25, -0.2) is 0 Å². The van der Waals surface area contributed by atoms with Gasteiger partial charge in [0.15, 0.2) is 0 Å². The van der Waals surface area contributed by atoms with Crippen molar-refractivity contribution in [3.05, 3.63) is 84.4 Å². The van der Waals surface area contributed by atoms with E-state index in [4.69, 9.17) is 0 Å². The van der Waals surface area contributed by atoms with E-state index < -0.39 is 0 Å². The third-order valence-corrected chi connectivity index (χ3v) is 3.96. The van der Waals surface area contributed by atoms with Gasteiger partial charge < -0.3 is 0 Å². The fraction of sp³-hybridized carbons (Fsp3) is 0.0526. The molecule has 1 heteroatoms. The zero-order valence-corrected chi connectivity index (χ0v) is 12.4. The van der Waals surface area contributed by atoms with Crippen LogP contribution >= 0.6 is 9.24 Å². The molecule has 0 saturated heterocycles. The normalized spacial score (nSPS) is 10.4. The maximum Gasteiger partial charge on any atom is -0.0103 e. The molecule has 0 nitrogen and oxygen atoms in total. The van der Waals surface area contributed by atoms with Crippen molar-refractivity contribution in [1.82, 2.24) is 0 Å². The largest absolute Gasteiger partial charge is 0.133 e. The summed E-state index contributed by atoms with van der Waals surface area (Å²) in [5, 5.41) is 0. The van der Waals surface area contributed by atoms with Crippen LogP contribution in [0.1, 0.15) is 5.56 Å². The molecule has 3 aromatic rings. The van der Waals surface area contributed by atoms with Crippen LogP contribution < -0.4 is 0 Å². The topological polar surface area (TPSA) is 0 Å². The van der Waals surface area contributed by atoms with Crippen molar-refractivity contribution >= 4 is 9.24 Å². The van der Waals surface area contributed by atoms with Gasteiger partial charge in [-0.2, -0.15) is 0 Å². The Balaban J connectivity index is 2.20. The molecule has 3 aromatic carbocycles. The third kappa shape index (κ3) is 2.66. The Morgan fingerprint density at radius 2 is 1.15 bits per heavy atom.